The minimum Gasteiger partial charge on any atom is -0.369 e. The zero-order valence-corrected chi connectivity index (χ0v) is 13.3. The lowest BCUT2D eigenvalue weighted by molar-refractivity contribution is -0.0767. The van der Waals surface area contributed by atoms with Crippen molar-refractivity contribution in [3.05, 3.63) is 0 Å². The molecule has 0 aromatic rings. The van der Waals surface area contributed by atoms with Gasteiger partial charge in [0.05, 0.1) is 11.2 Å². The molecular weight excluding hydrogens is 230 g/mol. The van der Waals surface area contributed by atoms with E-state index in [1.807, 2.05) is 11.8 Å². The summed E-state index contributed by atoms with van der Waals surface area (Å²) >= 11 is 2.03. The van der Waals surface area contributed by atoms with Crippen LogP contribution in [0.5, 0.6) is 0 Å². The fraction of sp³-hybridized carbons (Fsp3) is 1.00. The maximum absolute atomic E-state index is 6.19. The summed E-state index contributed by atoms with van der Waals surface area (Å²) in [7, 11) is 2.08. The number of ether oxygens (including phenoxy) is 1. The number of rotatable bonds is 5. The van der Waals surface area contributed by atoms with Crippen LogP contribution in [0.1, 0.15) is 48.0 Å². The Morgan fingerprint density at radius 3 is 2.24 bits per heavy atom. The van der Waals surface area contributed by atoms with E-state index in [9.17, 15) is 0 Å². The number of hydrogen-bond donors (Lipinski definition) is 1. The van der Waals surface area contributed by atoms with E-state index in [1.54, 1.807) is 0 Å². The molecule has 0 saturated carbocycles. The maximum atomic E-state index is 6.19. The van der Waals surface area contributed by atoms with Gasteiger partial charge in [0.15, 0.2) is 0 Å². The molecule has 1 aliphatic rings. The van der Waals surface area contributed by atoms with Crippen molar-refractivity contribution in [2.75, 3.05) is 12.8 Å². The van der Waals surface area contributed by atoms with Crippen LogP contribution in [0.4, 0.5) is 0 Å². The molecule has 0 aliphatic carbocycles. The standard InChI is InChI=1S/C14H29NOS/c1-10(2)17-9-12(15-7)11-8-13(3,4)16-14(11,5)6/h10-12,15H,8-9H2,1-7H3. The highest BCUT2D eigenvalue weighted by atomic mass is 32.2. The van der Waals surface area contributed by atoms with Crippen LogP contribution in [0, 0.1) is 5.92 Å². The predicted molar refractivity (Wildman–Crippen MR) is 77.8 cm³/mol. The van der Waals surface area contributed by atoms with Crippen molar-refractivity contribution < 1.29 is 4.74 Å². The van der Waals surface area contributed by atoms with Crippen molar-refractivity contribution in [2.45, 2.75) is 70.5 Å². The summed E-state index contributed by atoms with van der Waals surface area (Å²) in [6, 6.07) is 0.541. The van der Waals surface area contributed by atoms with E-state index in [0.29, 0.717) is 17.2 Å². The normalized spacial score (nSPS) is 28.6. The molecule has 1 rings (SSSR count). The molecule has 17 heavy (non-hydrogen) atoms. The van der Waals surface area contributed by atoms with E-state index in [0.717, 1.165) is 6.42 Å². The van der Waals surface area contributed by atoms with Crippen LogP contribution in [-0.2, 0) is 4.74 Å². The predicted octanol–water partition coefficient (Wildman–Crippen LogP) is 3.31. The molecule has 1 heterocycles. The first-order valence-electron chi connectivity index (χ1n) is 6.67. The van der Waals surface area contributed by atoms with Crippen LogP contribution < -0.4 is 5.32 Å². The van der Waals surface area contributed by atoms with Gasteiger partial charge in [-0.1, -0.05) is 13.8 Å². The first-order chi connectivity index (χ1) is 7.68. The molecule has 1 saturated heterocycles. The Morgan fingerprint density at radius 1 is 1.29 bits per heavy atom. The second-order valence-corrected chi connectivity index (χ2v) is 8.16. The van der Waals surface area contributed by atoms with Gasteiger partial charge in [0.25, 0.3) is 0 Å². The van der Waals surface area contributed by atoms with Crippen molar-refractivity contribution in [1.82, 2.24) is 5.32 Å². The Balaban J connectivity index is 2.68. The monoisotopic (exact) mass is 259 g/mol. The third kappa shape index (κ3) is 4.15. The molecule has 0 amide bonds. The Labute approximate surface area is 111 Å². The molecule has 3 heteroatoms. The van der Waals surface area contributed by atoms with Crippen molar-refractivity contribution in [2.24, 2.45) is 5.92 Å². The van der Waals surface area contributed by atoms with Crippen molar-refractivity contribution >= 4 is 11.8 Å². The highest BCUT2D eigenvalue weighted by Crippen LogP contribution is 2.44. The molecule has 0 bridgehead atoms. The lowest BCUT2D eigenvalue weighted by Crippen LogP contribution is -2.44. The molecule has 2 unspecified atom stereocenters. The van der Waals surface area contributed by atoms with Crippen LogP contribution in [0.15, 0.2) is 0 Å². The zero-order chi connectivity index (χ0) is 13.3. The fourth-order valence-electron chi connectivity index (χ4n) is 2.93. The molecule has 0 radical (unpaired) electrons. The lowest BCUT2D eigenvalue weighted by atomic mass is 9.82. The molecule has 1 N–H and O–H groups in total. The van der Waals surface area contributed by atoms with E-state index in [-0.39, 0.29) is 11.2 Å². The van der Waals surface area contributed by atoms with E-state index in [2.05, 4.69) is 53.9 Å². The average Bonchev–Trinajstić information content (AvgIpc) is 2.35. The van der Waals surface area contributed by atoms with Crippen LogP contribution >= 0.6 is 11.8 Å². The summed E-state index contributed by atoms with van der Waals surface area (Å²) in [6.45, 7) is 13.4. The smallest absolute Gasteiger partial charge is 0.0678 e. The molecule has 1 aliphatic heterocycles. The van der Waals surface area contributed by atoms with Gasteiger partial charge in [-0.15, -0.1) is 0 Å². The number of thioether (sulfide) groups is 1. The first-order valence-corrected chi connectivity index (χ1v) is 7.72. The molecule has 0 aromatic carbocycles. The summed E-state index contributed by atoms with van der Waals surface area (Å²) < 4.78 is 6.19. The number of hydrogen-bond acceptors (Lipinski definition) is 3. The second kappa shape index (κ2) is 5.50. The molecule has 2 atom stereocenters. The Kier molecular flexibility index (Phi) is 4.96. The Bertz CT molecular complexity index is 251. The van der Waals surface area contributed by atoms with Gasteiger partial charge >= 0.3 is 0 Å². The largest absolute Gasteiger partial charge is 0.369 e. The number of nitrogens with one attached hydrogen (secondary N) is 1. The third-order valence-corrected chi connectivity index (χ3v) is 4.83. The van der Waals surface area contributed by atoms with E-state index in [4.69, 9.17) is 4.74 Å². The first kappa shape index (κ1) is 15.3. The highest BCUT2D eigenvalue weighted by Gasteiger charge is 2.48. The van der Waals surface area contributed by atoms with Gasteiger partial charge in [0.1, 0.15) is 0 Å². The molecule has 0 spiro atoms. The minimum absolute atomic E-state index is 0.0191. The molecule has 0 aromatic heterocycles. The van der Waals surface area contributed by atoms with Crippen LogP contribution in [-0.4, -0.2) is 35.3 Å². The zero-order valence-electron chi connectivity index (χ0n) is 12.5. The summed E-state index contributed by atoms with van der Waals surface area (Å²) in [5.41, 5.74) is 0.000476. The molecular formula is C14H29NOS. The lowest BCUT2D eigenvalue weighted by Gasteiger charge is -2.33. The van der Waals surface area contributed by atoms with Crippen molar-refractivity contribution in [1.29, 1.82) is 0 Å². The summed E-state index contributed by atoms with van der Waals surface area (Å²) in [5.74, 6) is 1.76. The quantitative estimate of drug-likeness (QED) is 0.818. The minimum atomic E-state index is -0.0191. The van der Waals surface area contributed by atoms with Crippen molar-refractivity contribution in [3.63, 3.8) is 0 Å². The van der Waals surface area contributed by atoms with Gasteiger partial charge in [-0.3, -0.25) is 0 Å². The van der Waals surface area contributed by atoms with Crippen LogP contribution in [0.25, 0.3) is 0 Å². The van der Waals surface area contributed by atoms with Gasteiger partial charge < -0.3 is 10.1 Å². The van der Waals surface area contributed by atoms with Crippen LogP contribution in [0.2, 0.25) is 0 Å². The third-order valence-electron chi connectivity index (χ3n) is 3.61. The van der Waals surface area contributed by atoms with Gasteiger partial charge in [-0.25, -0.2) is 0 Å². The highest BCUT2D eigenvalue weighted by molar-refractivity contribution is 7.99. The van der Waals surface area contributed by atoms with Gasteiger partial charge in [0.2, 0.25) is 0 Å². The molecule has 2 nitrogen and oxygen atoms in total. The van der Waals surface area contributed by atoms with Gasteiger partial charge in [-0.2, -0.15) is 11.8 Å². The summed E-state index contributed by atoms with van der Waals surface area (Å²) in [5, 5.41) is 4.19. The van der Waals surface area contributed by atoms with Crippen molar-refractivity contribution in [3.8, 4) is 0 Å². The second-order valence-electron chi connectivity index (χ2n) is 6.55. The fourth-order valence-corrected chi connectivity index (χ4v) is 3.92. The molecule has 102 valence electrons. The summed E-state index contributed by atoms with van der Waals surface area (Å²) in [6.07, 6.45) is 1.14. The Hall–Kier alpha value is 0.270. The van der Waals surface area contributed by atoms with Crippen LogP contribution in [0.3, 0.4) is 0 Å². The van der Waals surface area contributed by atoms with E-state index < -0.39 is 0 Å². The topological polar surface area (TPSA) is 21.3 Å². The molecule has 1 fully saturated rings. The van der Waals surface area contributed by atoms with E-state index >= 15 is 0 Å². The Morgan fingerprint density at radius 2 is 1.88 bits per heavy atom. The van der Waals surface area contributed by atoms with Gasteiger partial charge in [-0.05, 0) is 46.4 Å². The summed E-state index contributed by atoms with van der Waals surface area (Å²) in [4.78, 5) is 0. The average molecular weight is 259 g/mol. The van der Waals surface area contributed by atoms with E-state index in [1.165, 1.54) is 5.75 Å². The SMILES string of the molecule is CNC(CSC(C)C)C1CC(C)(C)OC1(C)C. The van der Waals surface area contributed by atoms with Gasteiger partial charge in [0, 0.05) is 17.7 Å². The maximum Gasteiger partial charge on any atom is 0.0678 e.